The normalized spacial score (nSPS) is 22.5. The number of rotatable bonds is 6. The molecule has 1 N–H and O–H groups in total. The molecule has 2 unspecified atom stereocenters. The van der Waals surface area contributed by atoms with Crippen LogP contribution in [0.3, 0.4) is 0 Å². The molecule has 17 heavy (non-hydrogen) atoms. The maximum Gasteiger partial charge on any atom is 0.225 e. The molecular formula is C13H24BrNO2. The Bertz CT molecular complexity index is 225. The van der Waals surface area contributed by atoms with Crippen molar-refractivity contribution in [1.82, 2.24) is 5.32 Å². The van der Waals surface area contributed by atoms with Crippen molar-refractivity contribution < 1.29 is 9.53 Å². The molecule has 2 atom stereocenters. The Morgan fingerprint density at radius 3 is 2.71 bits per heavy atom. The van der Waals surface area contributed by atoms with Crippen molar-refractivity contribution in [1.29, 1.82) is 0 Å². The second-order valence-electron chi connectivity index (χ2n) is 4.75. The second-order valence-corrected chi connectivity index (χ2v) is 5.93. The molecule has 0 bridgehead atoms. The van der Waals surface area contributed by atoms with Gasteiger partial charge in [0.1, 0.15) is 0 Å². The van der Waals surface area contributed by atoms with E-state index in [0.29, 0.717) is 17.4 Å². The maximum atomic E-state index is 11.9. The first-order valence-corrected chi connectivity index (χ1v) is 7.60. The van der Waals surface area contributed by atoms with Gasteiger partial charge in [-0.2, -0.15) is 0 Å². The van der Waals surface area contributed by atoms with Gasteiger partial charge in [-0.25, -0.2) is 0 Å². The molecule has 4 heteroatoms. The number of carbonyl (C=O) groups is 1. The van der Waals surface area contributed by atoms with E-state index >= 15 is 0 Å². The molecule has 1 aliphatic heterocycles. The Morgan fingerprint density at radius 1 is 1.47 bits per heavy atom. The number of hydrogen-bond acceptors (Lipinski definition) is 2. The van der Waals surface area contributed by atoms with Gasteiger partial charge in [0.2, 0.25) is 5.91 Å². The van der Waals surface area contributed by atoms with Crippen LogP contribution in [0.1, 0.15) is 39.5 Å². The zero-order chi connectivity index (χ0) is 12.7. The van der Waals surface area contributed by atoms with Crippen LogP contribution >= 0.6 is 15.9 Å². The Balaban J connectivity index is 2.26. The zero-order valence-corrected chi connectivity index (χ0v) is 12.5. The van der Waals surface area contributed by atoms with E-state index in [1.54, 1.807) is 0 Å². The highest BCUT2D eigenvalue weighted by Gasteiger charge is 2.23. The quantitative estimate of drug-likeness (QED) is 0.766. The predicted molar refractivity (Wildman–Crippen MR) is 73.3 cm³/mol. The number of halogens is 1. The summed E-state index contributed by atoms with van der Waals surface area (Å²) in [5.74, 6) is 0.850. The minimum Gasteiger partial charge on any atom is -0.381 e. The van der Waals surface area contributed by atoms with Gasteiger partial charge < -0.3 is 10.1 Å². The topological polar surface area (TPSA) is 38.3 Å². The van der Waals surface area contributed by atoms with E-state index in [0.717, 1.165) is 38.8 Å². The molecule has 0 aromatic rings. The number of nitrogens with one attached hydrogen (secondary N) is 1. The summed E-state index contributed by atoms with van der Waals surface area (Å²) in [5.41, 5.74) is 0. The van der Waals surface area contributed by atoms with E-state index in [1.807, 2.05) is 0 Å². The fraction of sp³-hybridized carbons (Fsp3) is 0.923. The Labute approximate surface area is 113 Å². The molecule has 1 amide bonds. The molecule has 0 radical (unpaired) electrons. The third kappa shape index (κ3) is 4.96. The smallest absolute Gasteiger partial charge is 0.225 e. The van der Waals surface area contributed by atoms with Crippen LogP contribution in [0.25, 0.3) is 0 Å². The van der Waals surface area contributed by atoms with E-state index in [-0.39, 0.29) is 11.8 Å². The third-order valence-corrected chi connectivity index (χ3v) is 4.63. The minimum atomic E-state index is 0.0603. The molecule has 0 spiro atoms. The SMILES string of the molecule is CCC(CC)C(Br)CNC(=O)C1CCCOC1. The first kappa shape index (κ1) is 15.0. The standard InChI is InChI=1S/C13H24BrNO2/c1-3-10(4-2)12(14)8-15-13(16)11-6-5-7-17-9-11/h10-12H,3-9H2,1-2H3,(H,15,16). The molecule has 1 rings (SSSR count). The molecule has 1 aliphatic rings. The van der Waals surface area contributed by atoms with Crippen molar-refractivity contribution in [2.45, 2.75) is 44.4 Å². The van der Waals surface area contributed by atoms with Crippen LogP contribution in [0.2, 0.25) is 0 Å². The van der Waals surface area contributed by atoms with E-state index in [4.69, 9.17) is 4.74 Å². The second kappa shape index (κ2) is 8.09. The molecule has 0 aliphatic carbocycles. The van der Waals surface area contributed by atoms with Gasteiger partial charge in [-0.15, -0.1) is 0 Å². The minimum absolute atomic E-state index is 0.0603. The summed E-state index contributed by atoms with van der Waals surface area (Å²) in [7, 11) is 0. The fourth-order valence-electron chi connectivity index (χ4n) is 2.26. The van der Waals surface area contributed by atoms with E-state index in [1.165, 1.54) is 0 Å². The summed E-state index contributed by atoms with van der Waals surface area (Å²) in [6, 6.07) is 0. The Hall–Kier alpha value is -0.0900. The molecule has 0 saturated carbocycles. The van der Waals surface area contributed by atoms with Crippen molar-refractivity contribution >= 4 is 21.8 Å². The lowest BCUT2D eigenvalue weighted by Crippen LogP contribution is -2.39. The molecule has 0 aromatic carbocycles. The Kier molecular flexibility index (Phi) is 7.12. The number of hydrogen-bond donors (Lipinski definition) is 1. The highest BCUT2D eigenvalue weighted by molar-refractivity contribution is 9.09. The number of amides is 1. The lowest BCUT2D eigenvalue weighted by molar-refractivity contribution is -0.128. The van der Waals surface area contributed by atoms with Crippen molar-refractivity contribution in [2.75, 3.05) is 19.8 Å². The number of alkyl halides is 1. The van der Waals surface area contributed by atoms with Gasteiger partial charge in [-0.05, 0) is 18.8 Å². The summed E-state index contributed by atoms with van der Waals surface area (Å²) < 4.78 is 5.33. The average Bonchev–Trinajstić information content (AvgIpc) is 2.38. The van der Waals surface area contributed by atoms with E-state index < -0.39 is 0 Å². The summed E-state index contributed by atoms with van der Waals surface area (Å²) in [6.07, 6.45) is 4.26. The summed E-state index contributed by atoms with van der Waals surface area (Å²) >= 11 is 3.67. The van der Waals surface area contributed by atoms with Gasteiger partial charge in [-0.3, -0.25) is 4.79 Å². The van der Waals surface area contributed by atoms with Gasteiger partial charge in [0.05, 0.1) is 12.5 Å². The van der Waals surface area contributed by atoms with Gasteiger partial charge >= 0.3 is 0 Å². The van der Waals surface area contributed by atoms with Crippen molar-refractivity contribution in [3.8, 4) is 0 Å². The fourth-order valence-corrected chi connectivity index (χ4v) is 3.17. The first-order chi connectivity index (χ1) is 8.19. The lowest BCUT2D eigenvalue weighted by Gasteiger charge is -2.24. The van der Waals surface area contributed by atoms with E-state index in [9.17, 15) is 4.79 Å². The van der Waals surface area contributed by atoms with Crippen LogP contribution < -0.4 is 5.32 Å². The van der Waals surface area contributed by atoms with Crippen molar-refractivity contribution in [2.24, 2.45) is 11.8 Å². The maximum absolute atomic E-state index is 11.9. The highest BCUT2D eigenvalue weighted by Crippen LogP contribution is 2.20. The van der Waals surface area contributed by atoms with E-state index in [2.05, 4.69) is 35.1 Å². The predicted octanol–water partition coefficient (Wildman–Crippen LogP) is 2.73. The summed E-state index contributed by atoms with van der Waals surface area (Å²) in [6.45, 7) is 6.50. The van der Waals surface area contributed by atoms with Crippen molar-refractivity contribution in [3.05, 3.63) is 0 Å². The molecule has 1 saturated heterocycles. The van der Waals surface area contributed by atoms with Gasteiger partial charge in [0.25, 0.3) is 0 Å². The van der Waals surface area contributed by atoms with Gasteiger partial charge in [0, 0.05) is 18.0 Å². The van der Waals surface area contributed by atoms with Crippen LogP contribution in [-0.4, -0.2) is 30.5 Å². The molecule has 1 heterocycles. The Morgan fingerprint density at radius 2 is 2.18 bits per heavy atom. The summed E-state index contributed by atoms with van der Waals surface area (Å²) in [5, 5.41) is 3.04. The van der Waals surface area contributed by atoms with Crippen LogP contribution in [0.15, 0.2) is 0 Å². The molecule has 100 valence electrons. The van der Waals surface area contributed by atoms with Gasteiger partial charge in [-0.1, -0.05) is 42.6 Å². The third-order valence-electron chi connectivity index (χ3n) is 3.56. The molecule has 3 nitrogen and oxygen atoms in total. The first-order valence-electron chi connectivity index (χ1n) is 6.68. The number of carbonyl (C=O) groups excluding carboxylic acids is 1. The largest absolute Gasteiger partial charge is 0.381 e. The highest BCUT2D eigenvalue weighted by atomic mass is 79.9. The molecular weight excluding hydrogens is 282 g/mol. The molecule has 1 fully saturated rings. The van der Waals surface area contributed by atoms with Crippen LogP contribution in [0.4, 0.5) is 0 Å². The van der Waals surface area contributed by atoms with Crippen LogP contribution in [-0.2, 0) is 9.53 Å². The average molecular weight is 306 g/mol. The summed E-state index contributed by atoms with van der Waals surface area (Å²) in [4.78, 5) is 12.3. The van der Waals surface area contributed by atoms with Crippen LogP contribution in [0, 0.1) is 11.8 Å². The monoisotopic (exact) mass is 305 g/mol. The zero-order valence-electron chi connectivity index (χ0n) is 10.9. The van der Waals surface area contributed by atoms with Gasteiger partial charge in [0.15, 0.2) is 0 Å². The number of ether oxygens (including phenoxy) is 1. The molecule has 0 aromatic heterocycles. The lowest BCUT2D eigenvalue weighted by atomic mass is 9.98. The van der Waals surface area contributed by atoms with Crippen molar-refractivity contribution in [3.63, 3.8) is 0 Å². The van der Waals surface area contributed by atoms with Crippen LogP contribution in [0.5, 0.6) is 0 Å².